The van der Waals surface area contributed by atoms with Gasteiger partial charge in [-0.25, -0.2) is 15.0 Å². The molecule has 0 fully saturated rings. The third kappa shape index (κ3) is 7.14. The maximum Gasteiger partial charge on any atom is 0.164 e. The van der Waals surface area contributed by atoms with Crippen molar-refractivity contribution in [3.63, 3.8) is 0 Å². The van der Waals surface area contributed by atoms with E-state index in [0.717, 1.165) is 40.2 Å². The monoisotopic (exact) mass is 792 g/mol. The van der Waals surface area contributed by atoms with Gasteiger partial charge >= 0.3 is 0 Å². The molecule has 0 radical (unpaired) electrons. The van der Waals surface area contributed by atoms with E-state index in [9.17, 15) is 0 Å². The lowest BCUT2D eigenvalue weighted by atomic mass is 9.93. The van der Waals surface area contributed by atoms with Crippen LogP contribution in [-0.2, 0) is 6.42 Å². The van der Waals surface area contributed by atoms with Gasteiger partial charge in [0.2, 0.25) is 0 Å². The molecule has 0 aliphatic heterocycles. The molecule has 292 valence electrons. The van der Waals surface area contributed by atoms with Crippen LogP contribution in [0.15, 0.2) is 231 Å². The summed E-state index contributed by atoms with van der Waals surface area (Å²) in [6, 6.07) is 81.6. The Labute approximate surface area is 362 Å². The molecule has 0 amide bonds. The Kier molecular flexibility index (Phi) is 9.56. The molecule has 9 aromatic carbocycles. The fourth-order valence-corrected chi connectivity index (χ4v) is 8.70. The molecule has 0 atom stereocenters. The lowest BCUT2D eigenvalue weighted by molar-refractivity contribution is 1.07. The standard InChI is InChI=1S/C58H40N4/c1-5-15-40(16-6-1)42-27-32-50(33-28-42)62(51-34-29-43(30-35-51)41-17-7-2-8-18-41)52-25-13-23-46(39-52)53-26-14-24-47-37-49-38-48(31-36-54(49)55(47)53)58-60-56(44-19-9-3-10-20-44)59-57(61-58)45-21-11-4-12-22-45/h1-36,38-39H,37H2. The molecule has 1 aromatic heterocycles. The third-order valence-corrected chi connectivity index (χ3v) is 11.7. The first kappa shape index (κ1) is 36.8. The average molecular weight is 793 g/mol. The van der Waals surface area contributed by atoms with Crippen LogP contribution in [0.4, 0.5) is 17.1 Å². The smallest absolute Gasteiger partial charge is 0.164 e. The number of anilines is 3. The number of aromatic nitrogens is 3. The summed E-state index contributed by atoms with van der Waals surface area (Å²) in [5.74, 6) is 1.99. The van der Waals surface area contributed by atoms with Gasteiger partial charge < -0.3 is 4.90 Å². The molecular formula is C58H40N4. The average Bonchev–Trinajstić information content (AvgIpc) is 3.74. The van der Waals surface area contributed by atoms with Gasteiger partial charge in [0.05, 0.1) is 0 Å². The SMILES string of the molecule is c1ccc(-c2ccc(N(c3ccc(-c4ccccc4)cc3)c3cccc(-c4cccc5c4-c4ccc(-c6nc(-c7ccccc7)nc(-c7ccccc7)n6)cc4C5)c3)cc2)cc1. The molecule has 0 saturated heterocycles. The van der Waals surface area contributed by atoms with E-state index in [-0.39, 0.29) is 0 Å². The quantitative estimate of drug-likeness (QED) is 0.146. The summed E-state index contributed by atoms with van der Waals surface area (Å²) in [4.78, 5) is 17.3. The number of rotatable bonds is 9. The van der Waals surface area contributed by atoms with Crippen LogP contribution in [0.2, 0.25) is 0 Å². The van der Waals surface area contributed by atoms with E-state index in [2.05, 4.69) is 175 Å². The van der Waals surface area contributed by atoms with Crippen molar-refractivity contribution in [2.45, 2.75) is 6.42 Å². The van der Waals surface area contributed by atoms with E-state index in [4.69, 9.17) is 15.0 Å². The molecule has 0 spiro atoms. The van der Waals surface area contributed by atoms with Gasteiger partial charge in [0.25, 0.3) is 0 Å². The molecular weight excluding hydrogens is 753 g/mol. The molecule has 0 saturated carbocycles. The van der Waals surface area contributed by atoms with Gasteiger partial charge in [-0.2, -0.15) is 0 Å². The van der Waals surface area contributed by atoms with Gasteiger partial charge in [0, 0.05) is 33.8 Å². The van der Waals surface area contributed by atoms with Crippen molar-refractivity contribution >= 4 is 17.1 Å². The highest BCUT2D eigenvalue weighted by Crippen LogP contribution is 2.46. The molecule has 10 aromatic rings. The van der Waals surface area contributed by atoms with Gasteiger partial charge in [0.15, 0.2) is 17.5 Å². The zero-order valence-corrected chi connectivity index (χ0v) is 33.9. The Hall–Kier alpha value is -8.21. The third-order valence-electron chi connectivity index (χ3n) is 11.7. The molecule has 0 unspecified atom stereocenters. The van der Waals surface area contributed by atoms with Crippen LogP contribution < -0.4 is 4.90 Å². The summed E-state index contributed by atoms with van der Waals surface area (Å²) >= 11 is 0. The maximum atomic E-state index is 5.03. The number of benzene rings is 9. The minimum atomic E-state index is 0.661. The molecule has 1 heterocycles. The summed E-state index contributed by atoms with van der Waals surface area (Å²) in [5, 5.41) is 0. The largest absolute Gasteiger partial charge is 0.310 e. The Balaban J connectivity index is 0.972. The second-order valence-electron chi connectivity index (χ2n) is 15.6. The first-order chi connectivity index (χ1) is 30.7. The highest BCUT2D eigenvalue weighted by atomic mass is 15.1. The molecule has 0 N–H and O–H groups in total. The number of nitrogens with zero attached hydrogens (tertiary/aromatic N) is 4. The Morgan fingerprint density at radius 2 is 0.710 bits per heavy atom. The second-order valence-corrected chi connectivity index (χ2v) is 15.6. The topological polar surface area (TPSA) is 41.9 Å². The van der Waals surface area contributed by atoms with Crippen LogP contribution >= 0.6 is 0 Å². The van der Waals surface area contributed by atoms with Crippen molar-refractivity contribution in [3.05, 3.63) is 242 Å². The van der Waals surface area contributed by atoms with Crippen LogP contribution in [0.5, 0.6) is 0 Å². The highest BCUT2D eigenvalue weighted by Gasteiger charge is 2.24. The fraction of sp³-hybridized carbons (Fsp3) is 0.0172. The Morgan fingerprint density at radius 3 is 1.24 bits per heavy atom. The van der Waals surface area contributed by atoms with E-state index in [1.165, 1.54) is 55.6 Å². The van der Waals surface area contributed by atoms with Crippen molar-refractivity contribution in [1.82, 2.24) is 15.0 Å². The lowest BCUT2D eigenvalue weighted by Crippen LogP contribution is -2.10. The Bertz CT molecular complexity index is 3030. The van der Waals surface area contributed by atoms with Crippen LogP contribution in [0.1, 0.15) is 11.1 Å². The number of fused-ring (bicyclic) bond motifs is 3. The van der Waals surface area contributed by atoms with Crippen molar-refractivity contribution in [1.29, 1.82) is 0 Å². The van der Waals surface area contributed by atoms with Crippen molar-refractivity contribution in [2.24, 2.45) is 0 Å². The van der Waals surface area contributed by atoms with Crippen LogP contribution in [0.25, 0.3) is 78.7 Å². The van der Waals surface area contributed by atoms with E-state index in [1.807, 2.05) is 60.7 Å². The summed E-state index contributed by atoms with van der Waals surface area (Å²) in [5.41, 5.74) is 18.4. The molecule has 0 bridgehead atoms. The highest BCUT2D eigenvalue weighted by molar-refractivity contribution is 5.93. The molecule has 62 heavy (non-hydrogen) atoms. The van der Waals surface area contributed by atoms with Crippen LogP contribution in [0.3, 0.4) is 0 Å². The van der Waals surface area contributed by atoms with Crippen molar-refractivity contribution < 1.29 is 0 Å². The minimum absolute atomic E-state index is 0.661. The van der Waals surface area contributed by atoms with E-state index in [0.29, 0.717) is 17.5 Å². The van der Waals surface area contributed by atoms with Crippen LogP contribution in [-0.4, -0.2) is 15.0 Å². The van der Waals surface area contributed by atoms with Crippen LogP contribution in [0, 0.1) is 0 Å². The number of hydrogen-bond donors (Lipinski definition) is 0. The number of hydrogen-bond acceptors (Lipinski definition) is 4. The Morgan fingerprint density at radius 1 is 0.274 bits per heavy atom. The first-order valence-electron chi connectivity index (χ1n) is 21.1. The first-order valence-corrected chi connectivity index (χ1v) is 21.1. The molecule has 11 rings (SSSR count). The van der Waals surface area contributed by atoms with Gasteiger partial charge in [-0.15, -0.1) is 0 Å². The van der Waals surface area contributed by atoms with Gasteiger partial charge in [-0.3, -0.25) is 0 Å². The minimum Gasteiger partial charge on any atom is -0.310 e. The zero-order chi connectivity index (χ0) is 41.2. The maximum absolute atomic E-state index is 5.03. The summed E-state index contributed by atoms with van der Waals surface area (Å²) < 4.78 is 0. The van der Waals surface area contributed by atoms with E-state index < -0.39 is 0 Å². The van der Waals surface area contributed by atoms with E-state index >= 15 is 0 Å². The summed E-state index contributed by atoms with van der Waals surface area (Å²) in [7, 11) is 0. The summed E-state index contributed by atoms with van der Waals surface area (Å²) in [6.45, 7) is 0. The normalized spacial score (nSPS) is 11.5. The predicted molar refractivity (Wildman–Crippen MR) is 255 cm³/mol. The van der Waals surface area contributed by atoms with E-state index in [1.54, 1.807) is 0 Å². The van der Waals surface area contributed by atoms with Crippen molar-refractivity contribution in [2.75, 3.05) is 4.90 Å². The molecule has 1 aliphatic carbocycles. The molecule has 1 aliphatic rings. The van der Waals surface area contributed by atoms with Gasteiger partial charge in [-0.1, -0.05) is 188 Å². The van der Waals surface area contributed by atoms with Gasteiger partial charge in [0.1, 0.15) is 0 Å². The zero-order valence-electron chi connectivity index (χ0n) is 33.9. The van der Waals surface area contributed by atoms with Crippen molar-refractivity contribution in [3.8, 4) is 78.7 Å². The molecule has 4 nitrogen and oxygen atoms in total. The predicted octanol–water partition coefficient (Wildman–Crippen LogP) is 14.9. The molecule has 4 heteroatoms. The fourth-order valence-electron chi connectivity index (χ4n) is 8.70. The summed E-state index contributed by atoms with van der Waals surface area (Å²) in [6.07, 6.45) is 0.835. The lowest BCUT2D eigenvalue weighted by Gasteiger charge is -2.26. The van der Waals surface area contributed by atoms with Gasteiger partial charge in [-0.05, 0) is 105 Å². The second kappa shape index (κ2) is 16.1.